The van der Waals surface area contributed by atoms with Gasteiger partial charge in [0.15, 0.2) is 0 Å². The molecule has 4 heteroatoms. The summed E-state index contributed by atoms with van der Waals surface area (Å²) in [5, 5.41) is 10.3. The first-order chi connectivity index (χ1) is 7.80. The van der Waals surface area contributed by atoms with Crippen LogP contribution in [0.25, 0.3) is 0 Å². The van der Waals surface area contributed by atoms with Gasteiger partial charge in [-0.1, -0.05) is 36.7 Å². The number of hydrogen-bond acceptors (Lipinski definition) is 1. The summed E-state index contributed by atoms with van der Waals surface area (Å²) in [7, 11) is 0. The molecule has 1 aliphatic heterocycles. The number of carboxylic acid groups (broad SMARTS) is 1. The number of hydrogen-bond donors (Lipinski definition) is 1. The van der Waals surface area contributed by atoms with Crippen molar-refractivity contribution < 1.29 is 9.90 Å². The Hall–Kier alpha value is -0.250. The molecule has 1 unspecified atom stereocenters. The van der Waals surface area contributed by atoms with Crippen molar-refractivity contribution in [3.8, 4) is 0 Å². The van der Waals surface area contributed by atoms with Gasteiger partial charge < -0.3 is 10.0 Å². The van der Waals surface area contributed by atoms with Crippen LogP contribution >= 0.6 is 15.9 Å². The molecule has 1 saturated carbocycles. The molecule has 1 amide bonds. The van der Waals surface area contributed by atoms with Crippen molar-refractivity contribution in [1.29, 1.82) is 0 Å². The SMILES string of the molecule is CC(C)(C)C1N(C(=O)O)CC12CC(CCBr)C2. The molecule has 3 nitrogen and oxygen atoms in total. The van der Waals surface area contributed by atoms with Crippen molar-refractivity contribution in [2.24, 2.45) is 16.7 Å². The van der Waals surface area contributed by atoms with Crippen LogP contribution in [-0.4, -0.2) is 34.0 Å². The Labute approximate surface area is 112 Å². The van der Waals surface area contributed by atoms with Gasteiger partial charge in [0.1, 0.15) is 0 Å². The third kappa shape index (κ3) is 2.09. The summed E-state index contributed by atoms with van der Waals surface area (Å²) in [5.74, 6) is 0.801. The molecular weight excluding hydrogens is 282 g/mol. The van der Waals surface area contributed by atoms with Crippen LogP contribution < -0.4 is 0 Å². The molecule has 2 aliphatic rings. The lowest BCUT2D eigenvalue weighted by atomic mass is 9.48. The largest absolute Gasteiger partial charge is 0.465 e. The predicted octanol–water partition coefficient (Wildman–Crippen LogP) is 3.58. The van der Waals surface area contributed by atoms with E-state index in [2.05, 4.69) is 36.7 Å². The highest BCUT2D eigenvalue weighted by Gasteiger charge is 2.63. The van der Waals surface area contributed by atoms with Gasteiger partial charge >= 0.3 is 6.09 Å². The van der Waals surface area contributed by atoms with Gasteiger partial charge in [0.05, 0.1) is 0 Å². The average molecular weight is 304 g/mol. The first kappa shape index (κ1) is 13.2. The van der Waals surface area contributed by atoms with Crippen molar-refractivity contribution >= 4 is 22.0 Å². The van der Waals surface area contributed by atoms with Crippen LogP contribution in [0.15, 0.2) is 0 Å². The highest BCUT2D eigenvalue weighted by Crippen LogP contribution is 2.61. The van der Waals surface area contributed by atoms with Gasteiger partial charge in [-0.3, -0.25) is 0 Å². The quantitative estimate of drug-likeness (QED) is 0.792. The highest BCUT2D eigenvalue weighted by molar-refractivity contribution is 9.09. The van der Waals surface area contributed by atoms with E-state index in [0.717, 1.165) is 17.8 Å². The zero-order valence-electron chi connectivity index (χ0n) is 10.9. The van der Waals surface area contributed by atoms with Gasteiger partial charge in [0, 0.05) is 23.3 Å². The van der Waals surface area contributed by atoms with Gasteiger partial charge in [-0.05, 0) is 30.6 Å². The number of amides is 1. The maximum absolute atomic E-state index is 11.2. The molecule has 1 aliphatic carbocycles. The van der Waals surface area contributed by atoms with Gasteiger partial charge in [-0.2, -0.15) is 0 Å². The van der Waals surface area contributed by atoms with Crippen LogP contribution in [-0.2, 0) is 0 Å². The summed E-state index contributed by atoms with van der Waals surface area (Å²) >= 11 is 3.49. The number of halogens is 1. The van der Waals surface area contributed by atoms with E-state index >= 15 is 0 Å². The Morgan fingerprint density at radius 1 is 1.47 bits per heavy atom. The fraction of sp³-hybridized carbons (Fsp3) is 0.923. The lowest BCUT2D eigenvalue weighted by molar-refractivity contribution is -0.172. The van der Waals surface area contributed by atoms with Crippen LogP contribution in [0.5, 0.6) is 0 Å². The van der Waals surface area contributed by atoms with Crippen molar-refractivity contribution in [3.63, 3.8) is 0 Å². The zero-order valence-corrected chi connectivity index (χ0v) is 12.5. The van der Waals surface area contributed by atoms with Crippen LogP contribution in [0.4, 0.5) is 4.79 Å². The standard InChI is InChI=1S/C13H22BrNO2/c1-12(2,3)10-13(8-15(10)11(16)17)6-9(7-13)4-5-14/h9-10H,4-8H2,1-3H3,(H,16,17). The molecule has 1 N–H and O–H groups in total. The minimum absolute atomic E-state index is 0.0516. The van der Waals surface area contributed by atoms with E-state index in [4.69, 9.17) is 0 Å². The fourth-order valence-corrected chi connectivity index (χ4v) is 4.75. The number of rotatable bonds is 2. The minimum atomic E-state index is -0.750. The number of alkyl halides is 1. The third-order valence-corrected chi connectivity index (χ3v) is 4.81. The van der Waals surface area contributed by atoms with Crippen molar-refractivity contribution in [3.05, 3.63) is 0 Å². The molecule has 0 bridgehead atoms. The minimum Gasteiger partial charge on any atom is -0.465 e. The molecule has 0 aromatic carbocycles. The van der Waals surface area contributed by atoms with Crippen molar-refractivity contribution in [2.45, 2.75) is 46.1 Å². The topological polar surface area (TPSA) is 40.5 Å². The maximum atomic E-state index is 11.2. The van der Waals surface area contributed by atoms with E-state index in [0.29, 0.717) is 5.41 Å². The molecule has 0 aromatic rings. The zero-order chi connectivity index (χ0) is 12.8. The number of nitrogens with zero attached hydrogens (tertiary/aromatic N) is 1. The van der Waals surface area contributed by atoms with Crippen molar-refractivity contribution in [1.82, 2.24) is 4.90 Å². The van der Waals surface area contributed by atoms with Crippen LogP contribution in [0.3, 0.4) is 0 Å². The summed E-state index contributed by atoms with van der Waals surface area (Å²) < 4.78 is 0. The molecule has 17 heavy (non-hydrogen) atoms. The molecule has 98 valence electrons. The Kier molecular flexibility index (Phi) is 3.22. The summed E-state index contributed by atoms with van der Waals surface area (Å²) in [6, 6.07) is 0.207. The molecule has 1 heterocycles. The number of carbonyl (C=O) groups is 1. The third-order valence-electron chi connectivity index (χ3n) is 4.35. The van der Waals surface area contributed by atoms with E-state index in [9.17, 15) is 9.90 Å². The Morgan fingerprint density at radius 3 is 2.47 bits per heavy atom. The first-order valence-corrected chi connectivity index (χ1v) is 7.48. The molecule has 1 spiro atoms. The molecular formula is C13H22BrNO2. The predicted molar refractivity (Wildman–Crippen MR) is 71.5 cm³/mol. The Bertz CT molecular complexity index is 318. The molecule has 2 fully saturated rings. The van der Waals surface area contributed by atoms with Gasteiger partial charge in [0.25, 0.3) is 0 Å². The van der Waals surface area contributed by atoms with Gasteiger partial charge in [-0.25, -0.2) is 4.79 Å². The van der Waals surface area contributed by atoms with E-state index in [1.165, 1.54) is 19.3 Å². The molecule has 0 radical (unpaired) electrons. The van der Waals surface area contributed by atoms with E-state index in [1.807, 2.05) is 0 Å². The van der Waals surface area contributed by atoms with Crippen molar-refractivity contribution in [2.75, 3.05) is 11.9 Å². The van der Waals surface area contributed by atoms with Gasteiger partial charge in [0.2, 0.25) is 0 Å². The lowest BCUT2D eigenvalue weighted by Crippen LogP contribution is -2.74. The molecule has 1 atom stereocenters. The average Bonchev–Trinajstić information content (AvgIpc) is 2.03. The van der Waals surface area contributed by atoms with Crippen LogP contribution in [0.1, 0.15) is 40.0 Å². The summed E-state index contributed by atoms with van der Waals surface area (Å²) in [4.78, 5) is 12.8. The van der Waals surface area contributed by atoms with Gasteiger partial charge in [-0.15, -0.1) is 0 Å². The maximum Gasteiger partial charge on any atom is 0.407 e. The molecule has 1 saturated heterocycles. The van der Waals surface area contributed by atoms with Crippen LogP contribution in [0, 0.1) is 16.7 Å². The normalized spacial score (nSPS) is 36.6. The second-order valence-electron chi connectivity index (χ2n) is 6.79. The van der Waals surface area contributed by atoms with Crippen LogP contribution in [0.2, 0.25) is 0 Å². The van der Waals surface area contributed by atoms with E-state index in [1.54, 1.807) is 4.90 Å². The first-order valence-electron chi connectivity index (χ1n) is 6.36. The van der Waals surface area contributed by atoms with E-state index in [-0.39, 0.29) is 11.5 Å². The molecule has 0 aromatic heterocycles. The monoisotopic (exact) mass is 303 g/mol. The Balaban J connectivity index is 2.05. The van der Waals surface area contributed by atoms with E-state index < -0.39 is 6.09 Å². The number of likely N-dealkylation sites (tertiary alicyclic amines) is 1. The fourth-order valence-electron chi connectivity index (χ4n) is 4.10. The summed E-state index contributed by atoms with van der Waals surface area (Å²) in [6.45, 7) is 7.23. The molecule has 2 rings (SSSR count). The second-order valence-corrected chi connectivity index (χ2v) is 7.59. The lowest BCUT2D eigenvalue weighted by Gasteiger charge is -2.67. The smallest absolute Gasteiger partial charge is 0.407 e. The summed E-state index contributed by atoms with van der Waals surface area (Å²) in [6.07, 6.45) is 2.90. The highest BCUT2D eigenvalue weighted by atomic mass is 79.9. The second kappa shape index (κ2) is 4.15. The Morgan fingerprint density at radius 2 is 2.06 bits per heavy atom. The summed E-state index contributed by atoms with van der Waals surface area (Å²) in [5.41, 5.74) is 0.347.